The third-order valence-electron chi connectivity index (χ3n) is 3.34. The Hall–Kier alpha value is -2.69. The van der Waals surface area contributed by atoms with Crippen LogP contribution in [0.25, 0.3) is 10.9 Å². The van der Waals surface area contributed by atoms with Crippen molar-refractivity contribution in [2.45, 2.75) is 13.5 Å². The van der Waals surface area contributed by atoms with Crippen LogP contribution >= 0.6 is 0 Å². The molecule has 0 radical (unpaired) electrons. The van der Waals surface area contributed by atoms with E-state index >= 15 is 0 Å². The van der Waals surface area contributed by atoms with E-state index in [9.17, 15) is 9.90 Å². The van der Waals surface area contributed by atoms with Gasteiger partial charge in [-0.15, -0.1) is 0 Å². The number of para-hydroxylation sites is 1. The molecule has 0 fully saturated rings. The minimum atomic E-state index is -0.969. The summed E-state index contributed by atoms with van der Waals surface area (Å²) in [5.74, 6) is -0.285. The lowest BCUT2D eigenvalue weighted by Crippen LogP contribution is -2.11. The number of imidazole rings is 1. The number of carboxylic acids is 1. The van der Waals surface area contributed by atoms with Gasteiger partial charge in [0.25, 0.3) is 0 Å². The van der Waals surface area contributed by atoms with Crippen molar-refractivity contribution in [1.29, 1.82) is 0 Å². The highest BCUT2D eigenvalue weighted by atomic mass is 16.4. The molecule has 0 aliphatic rings. The fourth-order valence-corrected chi connectivity index (χ4v) is 2.30. The number of aryl methyl sites for hydroxylation is 1. The molecular weight excluding hydrogens is 254 g/mol. The highest BCUT2D eigenvalue weighted by Gasteiger charge is 2.14. The fourth-order valence-electron chi connectivity index (χ4n) is 2.30. The quantitative estimate of drug-likeness (QED) is 0.791. The van der Waals surface area contributed by atoms with Gasteiger partial charge in [0.2, 0.25) is 0 Å². The summed E-state index contributed by atoms with van der Waals surface area (Å²) in [6, 6.07) is 9.73. The first kappa shape index (κ1) is 12.3. The summed E-state index contributed by atoms with van der Waals surface area (Å²) in [4.78, 5) is 19.6. The summed E-state index contributed by atoms with van der Waals surface area (Å²) in [5, 5.41) is 10.2. The molecule has 0 atom stereocenters. The lowest BCUT2D eigenvalue weighted by molar-refractivity contribution is 0.0685. The van der Waals surface area contributed by atoms with Crippen molar-refractivity contribution in [3.63, 3.8) is 0 Å². The Bertz CT molecular complexity index is 787. The van der Waals surface area contributed by atoms with Crippen molar-refractivity contribution in [2.75, 3.05) is 0 Å². The third-order valence-corrected chi connectivity index (χ3v) is 3.34. The van der Waals surface area contributed by atoms with Crippen molar-refractivity contribution >= 4 is 16.9 Å². The molecule has 3 aromatic rings. The number of benzene rings is 1. The van der Waals surface area contributed by atoms with Crippen LogP contribution < -0.4 is 0 Å². The molecule has 20 heavy (non-hydrogen) atoms. The van der Waals surface area contributed by atoms with Gasteiger partial charge in [-0.1, -0.05) is 18.2 Å². The number of carbonyl (C=O) groups is 1. The van der Waals surface area contributed by atoms with E-state index in [1.54, 1.807) is 17.7 Å². The number of aromatic nitrogens is 3. The summed E-state index contributed by atoms with van der Waals surface area (Å²) in [5.41, 5.74) is 2.13. The third kappa shape index (κ3) is 2.03. The van der Waals surface area contributed by atoms with Gasteiger partial charge in [-0.3, -0.25) is 4.98 Å². The minimum absolute atomic E-state index is 0.198. The van der Waals surface area contributed by atoms with Crippen LogP contribution in [-0.4, -0.2) is 25.6 Å². The molecule has 0 aliphatic carbocycles. The van der Waals surface area contributed by atoms with Gasteiger partial charge >= 0.3 is 5.97 Å². The highest BCUT2D eigenvalue weighted by Crippen LogP contribution is 2.18. The maximum Gasteiger partial charge on any atom is 0.354 e. The zero-order valence-electron chi connectivity index (χ0n) is 10.9. The second-order valence-corrected chi connectivity index (χ2v) is 4.57. The van der Waals surface area contributed by atoms with E-state index < -0.39 is 5.97 Å². The Morgan fingerprint density at radius 3 is 2.85 bits per heavy atom. The average Bonchev–Trinajstić information content (AvgIpc) is 2.81. The summed E-state index contributed by atoms with van der Waals surface area (Å²) >= 11 is 0. The number of rotatable bonds is 3. The zero-order valence-corrected chi connectivity index (χ0v) is 10.9. The molecule has 5 nitrogen and oxygen atoms in total. The lowest BCUT2D eigenvalue weighted by Gasteiger charge is -2.10. The van der Waals surface area contributed by atoms with Crippen molar-refractivity contribution in [1.82, 2.24) is 14.5 Å². The molecule has 0 spiro atoms. The van der Waals surface area contributed by atoms with Gasteiger partial charge in [-0.05, 0) is 24.6 Å². The molecule has 0 amide bonds. The van der Waals surface area contributed by atoms with Gasteiger partial charge in [0.05, 0.1) is 18.3 Å². The van der Waals surface area contributed by atoms with Crippen molar-refractivity contribution in [2.24, 2.45) is 0 Å². The van der Waals surface area contributed by atoms with Crippen LogP contribution in [0, 0.1) is 6.92 Å². The standard InChI is InChI=1S/C15H13N3O2/c1-10-17-8-14(15(19)20)18(10)9-11-6-7-16-13-5-3-2-4-12(11)13/h2-8H,9H2,1H3,(H,19,20). The molecule has 2 aromatic heterocycles. The Morgan fingerprint density at radius 2 is 2.05 bits per heavy atom. The van der Waals surface area contributed by atoms with E-state index in [4.69, 9.17) is 0 Å². The lowest BCUT2D eigenvalue weighted by atomic mass is 10.1. The van der Waals surface area contributed by atoms with Crippen LogP contribution in [0.4, 0.5) is 0 Å². The smallest absolute Gasteiger partial charge is 0.354 e. The largest absolute Gasteiger partial charge is 0.477 e. The Labute approximate surface area is 115 Å². The van der Waals surface area contributed by atoms with Gasteiger partial charge in [0.15, 0.2) is 0 Å². The molecule has 0 saturated heterocycles. The van der Waals surface area contributed by atoms with Gasteiger partial charge in [-0.25, -0.2) is 9.78 Å². The molecule has 100 valence electrons. The van der Waals surface area contributed by atoms with Crippen molar-refractivity contribution in [3.05, 3.63) is 59.8 Å². The highest BCUT2D eigenvalue weighted by molar-refractivity contribution is 5.86. The topological polar surface area (TPSA) is 68.0 Å². The molecule has 1 N–H and O–H groups in total. The molecular formula is C15H13N3O2. The number of nitrogens with zero attached hydrogens (tertiary/aromatic N) is 3. The summed E-state index contributed by atoms with van der Waals surface area (Å²) < 4.78 is 1.70. The predicted octanol–water partition coefficient (Wildman–Crippen LogP) is 2.49. The van der Waals surface area contributed by atoms with Gasteiger partial charge in [0.1, 0.15) is 11.5 Å². The Balaban J connectivity index is 2.10. The first-order valence-corrected chi connectivity index (χ1v) is 6.25. The number of fused-ring (bicyclic) bond motifs is 1. The molecule has 5 heteroatoms. The maximum atomic E-state index is 11.2. The van der Waals surface area contributed by atoms with Crippen LogP contribution in [-0.2, 0) is 6.54 Å². The molecule has 1 aromatic carbocycles. The SMILES string of the molecule is Cc1ncc(C(=O)O)n1Cc1ccnc2ccccc12. The number of carboxylic acid groups (broad SMARTS) is 1. The van der Waals surface area contributed by atoms with E-state index in [0.29, 0.717) is 12.4 Å². The summed E-state index contributed by atoms with van der Waals surface area (Å²) in [6.45, 7) is 2.27. The molecule has 0 bridgehead atoms. The van der Waals surface area contributed by atoms with Gasteiger partial charge in [0, 0.05) is 11.6 Å². The monoisotopic (exact) mass is 267 g/mol. The van der Waals surface area contributed by atoms with Crippen molar-refractivity contribution < 1.29 is 9.90 Å². The van der Waals surface area contributed by atoms with Crippen LogP contribution in [0.2, 0.25) is 0 Å². The zero-order chi connectivity index (χ0) is 14.1. The summed E-state index contributed by atoms with van der Waals surface area (Å²) in [6.07, 6.45) is 3.13. The second kappa shape index (κ2) is 4.77. The van der Waals surface area contributed by atoms with E-state index in [-0.39, 0.29) is 5.69 Å². The molecule has 3 rings (SSSR count). The fraction of sp³-hybridized carbons (Fsp3) is 0.133. The predicted molar refractivity (Wildman–Crippen MR) is 74.8 cm³/mol. The number of aromatic carboxylic acids is 1. The number of hydrogen-bond acceptors (Lipinski definition) is 3. The first-order valence-electron chi connectivity index (χ1n) is 6.25. The van der Waals surface area contributed by atoms with E-state index in [1.165, 1.54) is 6.20 Å². The molecule has 0 unspecified atom stereocenters. The van der Waals surface area contributed by atoms with E-state index in [1.807, 2.05) is 30.3 Å². The van der Waals surface area contributed by atoms with E-state index in [2.05, 4.69) is 9.97 Å². The maximum absolute atomic E-state index is 11.2. The van der Waals surface area contributed by atoms with Crippen LogP contribution in [0.15, 0.2) is 42.7 Å². The Morgan fingerprint density at radius 1 is 1.25 bits per heavy atom. The minimum Gasteiger partial charge on any atom is -0.477 e. The van der Waals surface area contributed by atoms with Gasteiger partial charge in [-0.2, -0.15) is 0 Å². The molecule has 2 heterocycles. The first-order chi connectivity index (χ1) is 9.66. The average molecular weight is 267 g/mol. The number of hydrogen-bond donors (Lipinski definition) is 1. The second-order valence-electron chi connectivity index (χ2n) is 4.57. The van der Waals surface area contributed by atoms with Crippen LogP contribution in [0.1, 0.15) is 21.9 Å². The van der Waals surface area contributed by atoms with Crippen LogP contribution in [0.5, 0.6) is 0 Å². The van der Waals surface area contributed by atoms with Crippen LogP contribution in [0.3, 0.4) is 0 Å². The Kier molecular flexibility index (Phi) is 2.95. The molecule has 0 saturated carbocycles. The number of pyridine rings is 1. The van der Waals surface area contributed by atoms with Gasteiger partial charge < -0.3 is 9.67 Å². The van der Waals surface area contributed by atoms with E-state index in [0.717, 1.165) is 16.5 Å². The summed E-state index contributed by atoms with van der Waals surface area (Å²) in [7, 11) is 0. The van der Waals surface area contributed by atoms with Crippen molar-refractivity contribution in [3.8, 4) is 0 Å². The normalized spacial score (nSPS) is 10.8. The molecule has 0 aliphatic heterocycles.